The van der Waals surface area contributed by atoms with Crippen LogP contribution in [0.2, 0.25) is 0 Å². The molecule has 0 saturated heterocycles. The third kappa shape index (κ3) is 2.58. The Hall–Kier alpha value is -0.860. The van der Waals surface area contributed by atoms with E-state index < -0.39 is 0 Å². The van der Waals surface area contributed by atoms with Crippen LogP contribution in [0, 0.1) is 0 Å². The van der Waals surface area contributed by atoms with E-state index in [9.17, 15) is 4.79 Å². The monoisotopic (exact) mass is 225 g/mol. The summed E-state index contributed by atoms with van der Waals surface area (Å²) in [7, 11) is 0. The number of carbonyl (C=O) groups is 1. The van der Waals surface area contributed by atoms with Gasteiger partial charge in [0.15, 0.2) is 0 Å². The summed E-state index contributed by atoms with van der Waals surface area (Å²) in [5.74, 6) is 0.349. The minimum absolute atomic E-state index is 0. The zero-order chi connectivity index (χ0) is 10.0. The van der Waals surface area contributed by atoms with Crippen molar-refractivity contribution in [3.05, 3.63) is 35.9 Å². The molecule has 0 aliphatic heterocycles. The molecule has 0 spiro atoms. The quantitative estimate of drug-likeness (QED) is 0.798. The third-order valence-corrected chi connectivity index (χ3v) is 3.05. The molecular weight excluding hydrogens is 210 g/mol. The lowest BCUT2D eigenvalue weighted by Gasteiger charge is -2.33. The van der Waals surface area contributed by atoms with Gasteiger partial charge in [0.2, 0.25) is 0 Å². The number of halogens is 1. The van der Waals surface area contributed by atoms with Crippen LogP contribution in [0.4, 0.5) is 0 Å². The molecule has 1 fully saturated rings. The van der Waals surface area contributed by atoms with Crippen molar-refractivity contribution in [2.24, 2.45) is 5.73 Å². The number of Topliss-reactive ketones (excluding diaryl/α,β-unsaturated/α-hetero) is 1. The Kier molecular flexibility index (Phi) is 3.89. The molecule has 0 aromatic heterocycles. The number of ketones is 1. The molecule has 2 nitrogen and oxygen atoms in total. The van der Waals surface area contributed by atoms with Gasteiger partial charge in [-0.25, -0.2) is 0 Å². The summed E-state index contributed by atoms with van der Waals surface area (Å²) >= 11 is 0. The fraction of sp³-hybridized carbons (Fsp3) is 0.417. The van der Waals surface area contributed by atoms with Gasteiger partial charge in [0.1, 0.15) is 5.78 Å². The molecule has 0 atom stereocenters. The average Bonchev–Trinajstić information content (AvgIpc) is 2.24. The van der Waals surface area contributed by atoms with Gasteiger partial charge in [0.05, 0.1) is 0 Å². The van der Waals surface area contributed by atoms with E-state index in [2.05, 4.69) is 12.1 Å². The lowest BCUT2D eigenvalue weighted by atomic mass is 9.77. The summed E-state index contributed by atoms with van der Waals surface area (Å²) in [6.45, 7) is 0. The largest absolute Gasteiger partial charge is 0.321 e. The highest BCUT2D eigenvalue weighted by molar-refractivity contribution is 5.85. The Balaban J connectivity index is 0.00000112. The van der Waals surface area contributed by atoms with Crippen LogP contribution >= 0.6 is 12.4 Å². The molecule has 0 bridgehead atoms. The standard InChI is InChI=1S/C12H15NO.ClH/c13-12(8-6-11(14)7-9-12)10-4-2-1-3-5-10;/h1-5H,6-9,13H2;1H. The van der Waals surface area contributed by atoms with Gasteiger partial charge >= 0.3 is 0 Å². The molecule has 2 rings (SSSR count). The Bertz CT molecular complexity index is 327. The van der Waals surface area contributed by atoms with Crippen molar-refractivity contribution in [1.29, 1.82) is 0 Å². The first-order chi connectivity index (χ1) is 6.71. The lowest BCUT2D eigenvalue weighted by Crippen LogP contribution is -2.40. The predicted octanol–water partition coefficient (Wildman–Crippen LogP) is 2.41. The average molecular weight is 226 g/mol. The molecule has 1 aromatic rings. The van der Waals surface area contributed by atoms with Crippen molar-refractivity contribution in [3.8, 4) is 0 Å². The Morgan fingerprint density at radius 1 is 1.07 bits per heavy atom. The van der Waals surface area contributed by atoms with Crippen molar-refractivity contribution in [2.45, 2.75) is 31.2 Å². The van der Waals surface area contributed by atoms with Crippen LogP contribution in [-0.2, 0) is 10.3 Å². The number of nitrogens with two attached hydrogens (primary N) is 1. The Morgan fingerprint density at radius 3 is 2.13 bits per heavy atom. The number of rotatable bonds is 1. The highest BCUT2D eigenvalue weighted by Gasteiger charge is 2.31. The van der Waals surface area contributed by atoms with E-state index >= 15 is 0 Å². The summed E-state index contributed by atoms with van der Waals surface area (Å²) in [5, 5.41) is 0. The number of hydrogen-bond acceptors (Lipinski definition) is 2. The van der Waals surface area contributed by atoms with Gasteiger partial charge in [0, 0.05) is 18.4 Å². The minimum atomic E-state index is -0.269. The van der Waals surface area contributed by atoms with Crippen LogP contribution in [0.25, 0.3) is 0 Å². The maximum absolute atomic E-state index is 11.1. The first-order valence-electron chi connectivity index (χ1n) is 5.07. The topological polar surface area (TPSA) is 43.1 Å². The molecule has 2 N–H and O–H groups in total. The second-order valence-electron chi connectivity index (χ2n) is 4.06. The summed E-state index contributed by atoms with van der Waals surface area (Å²) in [5.41, 5.74) is 7.18. The number of carbonyl (C=O) groups excluding carboxylic acids is 1. The molecule has 0 unspecified atom stereocenters. The second kappa shape index (κ2) is 4.77. The highest BCUT2D eigenvalue weighted by atomic mass is 35.5. The lowest BCUT2D eigenvalue weighted by molar-refractivity contribution is -0.121. The number of benzene rings is 1. The smallest absolute Gasteiger partial charge is 0.133 e. The van der Waals surface area contributed by atoms with Gasteiger partial charge in [-0.05, 0) is 18.4 Å². The van der Waals surface area contributed by atoms with Gasteiger partial charge in [-0.2, -0.15) is 0 Å². The molecule has 1 aliphatic rings. The number of hydrogen-bond donors (Lipinski definition) is 1. The van der Waals surface area contributed by atoms with E-state index in [1.54, 1.807) is 0 Å². The first-order valence-corrected chi connectivity index (χ1v) is 5.07. The molecule has 3 heteroatoms. The van der Waals surface area contributed by atoms with Crippen molar-refractivity contribution in [2.75, 3.05) is 0 Å². The van der Waals surface area contributed by atoms with Crippen molar-refractivity contribution in [1.82, 2.24) is 0 Å². The van der Waals surface area contributed by atoms with E-state index in [0.29, 0.717) is 18.6 Å². The first kappa shape index (κ1) is 12.2. The zero-order valence-electron chi connectivity index (χ0n) is 8.61. The third-order valence-electron chi connectivity index (χ3n) is 3.05. The molecule has 1 saturated carbocycles. The van der Waals surface area contributed by atoms with E-state index in [1.165, 1.54) is 0 Å². The van der Waals surface area contributed by atoms with Crippen LogP contribution in [-0.4, -0.2) is 5.78 Å². The maximum Gasteiger partial charge on any atom is 0.133 e. The van der Waals surface area contributed by atoms with E-state index in [-0.39, 0.29) is 17.9 Å². The molecule has 1 aliphatic carbocycles. The van der Waals surface area contributed by atoms with Crippen molar-refractivity contribution < 1.29 is 4.79 Å². The zero-order valence-corrected chi connectivity index (χ0v) is 9.43. The normalized spacial score (nSPS) is 19.4. The summed E-state index contributed by atoms with van der Waals surface area (Å²) in [6, 6.07) is 10.1. The minimum Gasteiger partial charge on any atom is -0.321 e. The Labute approximate surface area is 96.3 Å². The van der Waals surface area contributed by atoms with Gasteiger partial charge in [-0.3, -0.25) is 4.79 Å². The van der Waals surface area contributed by atoms with E-state index in [4.69, 9.17) is 5.73 Å². The fourth-order valence-electron chi connectivity index (χ4n) is 2.03. The van der Waals surface area contributed by atoms with Crippen LogP contribution in [0.1, 0.15) is 31.2 Å². The van der Waals surface area contributed by atoms with E-state index in [1.807, 2.05) is 18.2 Å². The second-order valence-corrected chi connectivity index (χ2v) is 4.06. The van der Waals surface area contributed by atoms with Crippen LogP contribution < -0.4 is 5.73 Å². The predicted molar refractivity (Wildman–Crippen MR) is 63.0 cm³/mol. The Morgan fingerprint density at radius 2 is 1.60 bits per heavy atom. The van der Waals surface area contributed by atoms with E-state index in [0.717, 1.165) is 18.4 Å². The van der Waals surface area contributed by atoms with Crippen LogP contribution in [0.5, 0.6) is 0 Å². The summed E-state index contributed by atoms with van der Waals surface area (Å²) < 4.78 is 0. The highest BCUT2D eigenvalue weighted by Crippen LogP contribution is 2.32. The van der Waals surface area contributed by atoms with Gasteiger partial charge in [-0.1, -0.05) is 30.3 Å². The molecule has 82 valence electrons. The molecular formula is C12H16ClNO. The van der Waals surface area contributed by atoms with Crippen molar-refractivity contribution >= 4 is 18.2 Å². The maximum atomic E-state index is 11.1. The van der Waals surface area contributed by atoms with Crippen LogP contribution in [0.3, 0.4) is 0 Å². The molecule has 0 heterocycles. The van der Waals surface area contributed by atoms with Crippen LogP contribution in [0.15, 0.2) is 30.3 Å². The fourth-order valence-corrected chi connectivity index (χ4v) is 2.03. The molecule has 15 heavy (non-hydrogen) atoms. The molecule has 0 amide bonds. The summed E-state index contributed by atoms with van der Waals surface area (Å²) in [6.07, 6.45) is 2.84. The van der Waals surface area contributed by atoms with Crippen molar-refractivity contribution in [3.63, 3.8) is 0 Å². The van der Waals surface area contributed by atoms with Gasteiger partial charge in [-0.15, -0.1) is 12.4 Å². The SMILES string of the molecule is Cl.NC1(c2ccccc2)CCC(=O)CC1. The molecule has 0 radical (unpaired) electrons. The van der Waals surface area contributed by atoms with Gasteiger partial charge < -0.3 is 5.73 Å². The molecule has 1 aromatic carbocycles. The summed E-state index contributed by atoms with van der Waals surface area (Å²) in [4.78, 5) is 11.1. The van der Waals surface area contributed by atoms with Gasteiger partial charge in [0.25, 0.3) is 0 Å².